The Labute approximate surface area is 118 Å². The van der Waals surface area contributed by atoms with Crippen molar-refractivity contribution in [2.24, 2.45) is 0 Å². The second kappa shape index (κ2) is 5.59. The van der Waals surface area contributed by atoms with Crippen LogP contribution in [0, 0.1) is 0 Å². The van der Waals surface area contributed by atoms with Gasteiger partial charge in [0.15, 0.2) is 0 Å². The molecule has 98 valence electrons. The highest BCUT2D eigenvalue weighted by molar-refractivity contribution is 6.30. The van der Waals surface area contributed by atoms with Crippen LogP contribution < -0.4 is 5.32 Å². The molecular weight excluding hydrogens is 258 g/mol. The third-order valence-electron chi connectivity index (χ3n) is 3.39. The Morgan fingerprint density at radius 2 is 2.05 bits per heavy atom. The highest BCUT2D eigenvalue weighted by Crippen LogP contribution is 2.19. The number of anilines is 1. The summed E-state index contributed by atoms with van der Waals surface area (Å²) in [6.07, 6.45) is 2.86. The van der Waals surface area contributed by atoms with E-state index in [0.717, 1.165) is 37.0 Å². The SMILES string of the molecule is Clc1ccc(CCN2CNc3ncccc3C2)cc1. The molecule has 19 heavy (non-hydrogen) atoms. The molecule has 0 atom stereocenters. The molecule has 1 aromatic heterocycles. The first-order valence-electron chi connectivity index (χ1n) is 6.46. The quantitative estimate of drug-likeness (QED) is 0.931. The van der Waals surface area contributed by atoms with Gasteiger partial charge in [0.05, 0.1) is 6.67 Å². The lowest BCUT2D eigenvalue weighted by Crippen LogP contribution is -2.35. The van der Waals surface area contributed by atoms with E-state index in [1.165, 1.54) is 11.1 Å². The molecule has 0 unspecified atom stereocenters. The van der Waals surface area contributed by atoms with Gasteiger partial charge in [0, 0.05) is 29.9 Å². The van der Waals surface area contributed by atoms with Crippen LogP contribution in [0.15, 0.2) is 42.6 Å². The molecule has 0 radical (unpaired) electrons. The minimum Gasteiger partial charge on any atom is -0.357 e. The van der Waals surface area contributed by atoms with Crippen LogP contribution in [0.5, 0.6) is 0 Å². The van der Waals surface area contributed by atoms with Crippen LogP contribution in [0.2, 0.25) is 5.02 Å². The Morgan fingerprint density at radius 1 is 1.21 bits per heavy atom. The number of aromatic nitrogens is 1. The zero-order valence-electron chi connectivity index (χ0n) is 10.6. The van der Waals surface area contributed by atoms with Crippen LogP contribution in [0.25, 0.3) is 0 Å². The van der Waals surface area contributed by atoms with Crippen molar-refractivity contribution < 1.29 is 0 Å². The molecule has 0 saturated carbocycles. The fourth-order valence-corrected chi connectivity index (χ4v) is 2.43. The number of nitrogens with zero attached hydrogens (tertiary/aromatic N) is 2. The van der Waals surface area contributed by atoms with Crippen molar-refractivity contribution in [1.29, 1.82) is 0 Å². The van der Waals surface area contributed by atoms with Crippen molar-refractivity contribution >= 4 is 17.4 Å². The van der Waals surface area contributed by atoms with Crippen molar-refractivity contribution in [3.05, 3.63) is 58.7 Å². The van der Waals surface area contributed by atoms with E-state index >= 15 is 0 Å². The van der Waals surface area contributed by atoms with Crippen molar-refractivity contribution in [2.75, 3.05) is 18.5 Å². The van der Waals surface area contributed by atoms with Gasteiger partial charge in [-0.3, -0.25) is 4.90 Å². The number of benzene rings is 1. The second-order valence-electron chi connectivity index (χ2n) is 4.78. The summed E-state index contributed by atoms with van der Waals surface area (Å²) < 4.78 is 0. The molecular formula is C15H16ClN3. The van der Waals surface area contributed by atoms with E-state index in [9.17, 15) is 0 Å². The Bertz CT molecular complexity index is 554. The molecule has 2 aromatic rings. The average molecular weight is 274 g/mol. The molecule has 1 aliphatic heterocycles. The van der Waals surface area contributed by atoms with Gasteiger partial charge in [0.25, 0.3) is 0 Å². The molecule has 0 spiro atoms. The monoisotopic (exact) mass is 273 g/mol. The zero-order valence-corrected chi connectivity index (χ0v) is 11.4. The summed E-state index contributed by atoms with van der Waals surface area (Å²) in [6.45, 7) is 2.85. The summed E-state index contributed by atoms with van der Waals surface area (Å²) in [5.41, 5.74) is 2.59. The lowest BCUT2D eigenvalue weighted by atomic mass is 10.1. The second-order valence-corrected chi connectivity index (χ2v) is 5.21. The third kappa shape index (κ3) is 3.06. The van der Waals surface area contributed by atoms with Crippen LogP contribution in [0.1, 0.15) is 11.1 Å². The molecule has 1 aliphatic rings. The Balaban J connectivity index is 1.59. The topological polar surface area (TPSA) is 28.2 Å². The predicted molar refractivity (Wildman–Crippen MR) is 78.3 cm³/mol. The normalized spacial score (nSPS) is 14.8. The summed E-state index contributed by atoms with van der Waals surface area (Å²) in [4.78, 5) is 6.72. The van der Waals surface area contributed by atoms with Crippen molar-refractivity contribution in [1.82, 2.24) is 9.88 Å². The molecule has 0 amide bonds. The van der Waals surface area contributed by atoms with E-state index in [1.807, 2.05) is 24.4 Å². The number of rotatable bonds is 3. The lowest BCUT2D eigenvalue weighted by Gasteiger charge is -2.29. The predicted octanol–water partition coefficient (Wildman–Crippen LogP) is 3.16. The van der Waals surface area contributed by atoms with E-state index in [0.29, 0.717) is 0 Å². The van der Waals surface area contributed by atoms with Crippen LogP contribution in [0.4, 0.5) is 5.82 Å². The minimum atomic E-state index is 0.795. The number of pyridine rings is 1. The molecule has 1 aromatic carbocycles. The summed E-state index contributed by atoms with van der Waals surface area (Å²) >= 11 is 5.89. The number of nitrogens with one attached hydrogen (secondary N) is 1. The first kappa shape index (κ1) is 12.5. The first-order valence-corrected chi connectivity index (χ1v) is 6.83. The van der Waals surface area contributed by atoms with Crippen molar-refractivity contribution in [3.63, 3.8) is 0 Å². The largest absolute Gasteiger partial charge is 0.357 e. The van der Waals surface area contributed by atoms with Gasteiger partial charge >= 0.3 is 0 Å². The fraction of sp³-hybridized carbons (Fsp3) is 0.267. The zero-order chi connectivity index (χ0) is 13.1. The van der Waals surface area contributed by atoms with E-state index < -0.39 is 0 Å². The van der Waals surface area contributed by atoms with Crippen LogP contribution in [-0.2, 0) is 13.0 Å². The lowest BCUT2D eigenvalue weighted by molar-refractivity contribution is 0.278. The highest BCUT2D eigenvalue weighted by atomic mass is 35.5. The smallest absolute Gasteiger partial charge is 0.131 e. The summed E-state index contributed by atoms with van der Waals surface area (Å²) in [7, 11) is 0. The first-order chi connectivity index (χ1) is 9.31. The van der Waals surface area contributed by atoms with E-state index in [4.69, 9.17) is 11.6 Å². The number of hydrogen-bond acceptors (Lipinski definition) is 3. The molecule has 3 rings (SSSR count). The Morgan fingerprint density at radius 3 is 2.89 bits per heavy atom. The molecule has 2 heterocycles. The van der Waals surface area contributed by atoms with Crippen molar-refractivity contribution in [3.8, 4) is 0 Å². The maximum Gasteiger partial charge on any atom is 0.131 e. The van der Waals surface area contributed by atoms with Crippen LogP contribution >= 0.6 is 11.6 Å². The van der Waals surface area contributed by atoms with E-state index in [-0.39, 0.29) is 0 Å². The molecule has 0 fully saturated rings. The van der Waals surface area contributed by atoms with Gasteiger partial charge in [-0.15, -0.1) is 0 Å². The maximum absolute atomic E-state index is 5.89. The van der Waals surface area contributed by atoms with Gasteiger partial charge in [0.2, 0.25) is 0 Å². The third-order valence-corrected chi connectivity index (χ3v) is 3.64. The van der Waals surface area contributed by atoms with Gasteiger partial charge in [-0.2, -0.15) is 0 Å². The van der Waals surface area contributed by atoms with Gasteiger partial charge in [0.1, 0.15) is 5.82 Å². The van der Waals surface area contributed by atoms with Gasteiger partial charge in [-0.25, -0.2) is 4.98 Å². The molecule has 1 N–H and O–H groups in total. The molecule has 0 aliphatic carbocycles. The standard InChI is InChI=1S/C15H16ClN3/c16-14-5-3-12(4-6-14)7-9-19-10-13-2-1-8-17-15(13)18-11-19/h1-6,8H,7,9-11H2,(H,17,18). The van der Waals surface area contributed by atoms with Gasteiger partial charge in [-0.05, 0) is 30.2 Å². The minimum absolute atomic E-state index is 0.795. The van der Waals surface area contributed by atoms with Crippen molar-refractivity contribution in [2.45, 2.75) is 13.0 Å². The summed E-state index contributed by atoms with van der Waals surface area (Å²) in [5.74, 6) is 1.02. The average Bonchev–Trinajstić information content (AvgIpc) is 2.46. The van der Waals surface area contributed by atoms with Crippen LogP contribution in [0.3, 0.4) is 0 Å². The highest BCUT2D eigenvalue weighted by Gasteiger charge is 2.15. The maximum atomic E-state index is 5.89. The number of hydrogen-bond donors (Lipinski definition) is 1. The van der Waals surface area contributed by atoms with Crippen LogP contribution in [-0.4, -0.2) is 23.1 Å². The summed E-state index contributed by atoms with van der Waals surface area (Å²) in [6, 6.07) is 12.2. The Hall–Kier alpha value is -1.58. The number of fused-ring (bicyclic) bond motifs is 1. The number of halogens is 1. The van der Waals surface area contributed by atoms with Gasteiger partial charge < -0.3 is 5.32 Å². The van der Waals surface area contributed by atoms with E-state index in [2.05, 4.69) is 33.4 Å². The van der Waals surface area contributed by atoms with E-state index in [1.54, 1.807) is 0 Å². The van der Waals surface area contributed by atoms with Gasteiger partial charge in [-0.1, -0.05) is 29.8 Å². The molecule has 4 heteroatoms. The molecule has 3 nitrogen and oxygen atoms in total. The Kier molecular flexibility index (Phi) is 3.67. The molecule has 0 saturated heterocycles. The summed E-state index contributed by atoms with van der Waals surface area (Å²) in [5, 5.41) is 4.15. The molecule has 0 bridgehead atoms. The fourth-order valence-electron chi connectivity index (χ4n) is 2.31.